The molecule has 21 heavy (non-hydrogen) atoms. The first-order valence-electron chi connectivity index (χ1n) is 6.05. The normalized spacial score (nSPS) is 11.0. The van der Waals surface area contributed by atoms with E-state index in [9.17, 15) is 14.7 Å². The average Bonchev–Trinajstić information content (AvgIpc) is 2.48. The third-order valence-electron chi connectivity index (χ3n) is 2.60. The Balaban J connectivity index is 2.22. The number of carbonyl (C=O) groups is 2. The van der Waals surface area contributed by atoms with E-state index in [2.05, 4.69) is 0 Å². The Bertz CT molecular complexity index is 672. The molecule has 0 spiro atoms. The molecular weight excluding hydrogens is 272 g/mol. The van der Waals surface area contributed by atoms with Crippen molar-refractivity contribution in [3.05, 3.63) is 65.7 Å². The molecule has 0 aromatic heterocycles. The first kappa shape index (κ1) is 14.3. The molecule has 0 aliphatic rings. The Morgan fingerprint density at radius 3 is 2.19 bits per heavy atom. The fourth-order valence-corrected chi connectivity index (χ4v) is 1.59. The van der Waals surface area contributed by atoms with Gasteiger partial charge in [0, 0.05) is 0 Å². The molecule has 2 aromatic rings. The van der Waals surface area contributed by atoms with Gasteiger partial charge in [0.25, 0.3) is 0 Å². The van der Waals surface area contributed by atoms with Crippen LogP contribution in [0, 0.1) is 0 Å². The lowest BCUT2D eigenvalue weighted by Crippen LogP contribution is -2.17. The van der Waals surface area contributed by atoms with Crippen molar-refractivity contribution in [3.8, 4) is 11.5 Å². The molecule has 0 fully saturated rings. The summed E-state index contributed by atoms with van der Waals surface area (Å²) in [7, 11) is 0. The van der Waals surface area contributed by atoms with Crippen LogP contribution in [0.15, 0.2) is 60.2 Å². The fraction of sp³-hybridized carbons (Fsp3) is 0. The topological polar surface area (TPSA) is 86.7 Å². The Labute approximate surface area is 120 Å². The van der Waals surface area contributed by atoms with Crippen molar-refractivity contribution < 1.29 is 24.5 Å². The summed E-state index contributed by atoms with van der Waals surface area (Å²) in [6, 6.07) is 13.6. The van der Waals surface area contributed by atoms with Gasteiger partial charge in [0.05, 0.1) is 0 Å². The van der Waals surface area contributed by atoms with Gasteiger partial charge in [0.2, 0.25) is 0 Å². The second-order valence-electron chi connectivity index (χ2n) is 4.13. The minimum Gasteiger partial charge on any atom is -0.872 e. The van der Waals surface area contributed by atoms with Gasteiger partial charge in [0.15, 0.2) is 0 Å². The molecule has 106 valence electrons. The van der Waals surface area contributed by atoms with Crippen LogP contribution >= 0.6 is 0 Å². The van der Waals surface area contributed by atoms with Crippen LogP contribution in [0.2, 0.25) is 0 Å². The molecule has 0 atom stereocenters. The van der Waals surface area contributed by atoms with E-state index in [-0.39, 0.29) is 11.5 Å². The summed E-state index contributed by atoms with van der Waals surface area (Å²) in [6.07, 6.45) is 1.23. The number of esters is 1. The highest BCUT2D eigenvalue weighted by Crippen LogP contribution is 2.16. The molecule has 1 N–H and O–H groups in total. The zero-order chi connectivity index (χ0) is 15.2. The lowest BCUT2D eigenvalue weighted by atomic mass is 10.1. The van der Waals surface area contributed by atoms with Crippen LogP contribution in [0.4, 0.5) is 0 Å². The van der Waals surface area contributed by atoms with Crippen LogP contribution in [0.25, 0.3) is 6.08 Å². The van der Waals surface area contributed by atoms with Crippen LogP contribution in [0.5, 0.6) is 11.5 Å². The maximum absolute atomic E-state index is 11.9. The van der Waals surface area contributed by atoms with Crippen molar-refractivity contribution in [1.82, 2.24) is 0 Å². The summed E-state index contributed by atoms with van der Waals surface area (Å²) >= 11 is 0. The first-order chi connectivity index (χ1) is 10.1. The van der Waals surface area contributed by atoms with Crippen LogP contribution in [-0.2, 0) is 9.59 Å². The smallest absolute Gasteiger partial charge is 0.350 e. The molecular formula is C16H11O5-. The Hall–Kier alpha value is -3.08. The highest BCUT2D eigenvalue weighted by atomic mass is 16.5. The predicted molar refractivity (Wildman–Crippen MR) is 73.6 cm³/mol. The van der Waals surface area contributed by atoms with E-state index in [1.54, 1.807) is 30.3 Å². The number of carboxylic acids is 1. The number of aliphatic carboxylic acids is 1. The number of hydrogen-bond donors (Lipinski definition) is 1. The molecule has 5 heteroatoms. The Morgan fingerprint density at radius 2 is 1.62 bits per heavy atom. The zero-order valence-electron chi connectivity index (χ0n) is 10.9. The molecule has 0 saturated carbocycles. The number of carbonyl (C=O) groups excluding carboxylic acids is 1. The Morgan fingerprint density at radius 1 is 1.00 bits per heavy atom. The standard InChI is InChI=1S/C16H12O5/c17-12-6-8-13(9-7-12)21-16(20)14(15(18)19)10-11-4-2-1-3-5-11/h1-10,17H,(H,18,19)/p-1/b14-10-. The molecule has 0 aliphatic heterocycles. The summed E-state index contributed by atoms with van der Waals surface area (Å²) in [5.74, 6) is -2.50. The second kappa shape index (κ2) is 6.38. The third kappa shape index (κ3) is 3.94. The Kier molecular flexibility index (Phi) is 4.36. The van der Waals surface area contributed by atoms with Gasteiger partial charge in [0.1, 0.15) is 11.3 Å². The SMILES string of the molecule is O=C(O)/C(=C/c1ccccc1)C(=O)Oc1ccc([O-])cc1. The van der Waals surface area contributed by atoms with Gasteiger partial charge in [-0.05, 0) is 23.8 Å². The highest BCUT2D eigenvalue weighted by Gasteiger charge is 2.19. The summed E-state index contributed by atoms with van der Waals surface area (Å²) in [5, 5.41) is 20.1. The van der Waals surface area contributed by atoms with Gasteiger partial charge in [-0.3, -0.25) is 0 Å². The summed E-state index contributed by atoms with van der Waals surface area (Å²) in [4.78, 5) is 23.1. The molecule has 0 saturated heterocycles. The molecule has 2 rings (SSSR count). The number of hydrogen-bond acceptors (Lipinski definition) is 4. The number of rotatable bonds is 4. The molecule has 0 bridgehead atoms. The van der Waals surface area contributed by atoms with Crippen LogP contribution < -0.4 is 9.84 Å². The van der Waals surface area contributed by atoms with E-state index in [1.807, 2.05) is 0 Å². The van der Waals surface area contributed by atoms with E-state index in [0.717, 1.165) is 0 Å². The van der Waals surface area contributed by atoms with Crippen LogP contribution in [-0.4, -0.2) is 17.0 Å². The molecule has 0 heterocycles. The maximum Gasteiger partial charge on any atom is 0.350 e. The molecule has 0 amide bonds. The van der Waals surface area contributed by atoms with Gasteiger partial charge in [-0.25, -0.2) is 9.59 Å². The van der Waals surface area contributed by atoms with E-state index in [0.29, 0.717) is 5.56 Å². The van der Waals surface area contributed by atoms with Gasteiger partial charge >= 0.3 is 11.9 Å². The van der Waals surface area contributed by atoms with Crippen molar-refractivity contribution >= 4 is 18.0 Å². The number of carboxylic acid groups (broad SMARTS) is 1. The molecule has 0 radical (unpaired) electrons. The lowest BCUT2D eigenvalue weighted by Gasteiger charge is -2.07. The van der Waals surface area contributed by atoms with Gasteiger partial charge in [-0.15, -0.1) is 5.75 Å². The zero-order valence-corrected chi connectivity index (χ0v) is 10.9. The summed E-state index contributed by atoms with van der Waals surface area (Å²) in [5.41, 5.74) is 0.0779. The summed E-state index contributed by atoms with van der Waals surface area (Å²) < 4.78 is 4.94. The van der Waals surface area contributed by atoms with Crippen molar-refractivity contribution in [2.24, 2.45) is 0 Å². The average molecular weight is 283 g/mol. The first-order valence-corrected chi connectivity index (χ1v) is 6.05. The van der Waals surface area contributed by atoms with Gasteiger partial charge in [-0.2, -0.15) is 0 Å². The lowest BCUT2D eigenvalue weighted by molar-refractivity contribution is -0.268. The number of ether oxygens (including phenoxy) is 1. The van der Waals surface area contributed by atoms with Crippen LogP contribution in [0.3, 0.4) is 0 Å². The second-order valence-corrected chi connectivity index (χ2v) is 4.13. The van der Waals surface area contributed by atoms with Crippen molar-refractivity contribution in [2.45, 2.75) is 0 Å². The minimum absolute atomic E-state index is 0.111. The number of benzene rings is 2. The maximum atomic E-state index is 11.9. The van der Waals surface area contributed by atoms with Crippen molar-refractivity contribution in [3.63, 3.8) is 0 Å². The highest BCUT2D eigenvalue weighted by molar-refractivity contribution is 6.17. The van der Waals surface area contributed by atoms with E-state index >= 15 is 0 Å². The molecule has 2 aromatic carbocycles. The van der Waals surface area contributed by atoms with Gasteiger partial charge < -0.3 is 14.9 Å². The molecule has 0 unspecified atom stereocenters. The fourth-order valence-electron chi connectivity index (χ4n) is 1.59. The van der Waals surface area contributed by atoms with E-state index in [1.165, 1.54) is 30.3 Å². The van der Waals surface area contributed by atoms with Crippen LogP contribution in [0.1, 0.15) is 5.56 Å². The van der Waals surface area contributed by atoms with Crippen molar-refractivity contribution in [1.29, 1.82) is 0 Å². The monoisotopic (exact) mass is 283 g/mol. The quantitative estimate of drug-likeness (QED) is 0.304. The molecule has 0 aliphatic carbocycles. The van der Waals surface area contributed by atoms with Gasteiger partial charge in [-0.1, -0.05) is 42.5 Å². The third-order valence-corrected chi connectivity index (χ3v) is 2.60. The summed E-state index contributed by atoms with van der Waals surface area (Å²) in [6.45, 7) is 0. The minimum atomic E-state index is -1.38. The van der Waals surface area contributed by atoms with E-state index < -0.39 is 17.5 Å². The predicted octanol–water partition coefficient (Wildman–Crippen LogP) is 1.83. The van der Waals surface area contributed by atoms with E-state index in [4.69, 9.17) is 9.84 Å². The molecule has 5 nitrogen and oxygen atoms in total. The largest absolute Gasteiger partial charge is 0.872 e. The van der Waals surface area contributed by atoms with Crippen molar-refractivity contribution in [2.75, 3.05) is 0 Å².